The minimum atomic E-state index is -0.0914. The highest BCUT2D eigenvalue weighted by molar-refractivity contribution is 5.93. The summed E-state index contributed by atoms with van der Waals surface area (Å²) in [6, 6.07) is 15.5. The van der Waals surface area contributed by atoms with E-state index in [4.69, 9.17) is 0 Å². The van der Waals surface area contributed by atoms with E-state index in [1.54, 1.807) is 35.1 Å². The molecule has 146 valence electrons. The van der Waals surface area contributed by atoms with Gasteiger partial charge in [-0.3, -0.25) is 14.5 Å². The van der Waals surface area contributed by atoms with Crippen molar-refractivity contribution in [1.82, 2.24) is 24.6 Å². The Morgan fingerprint density at radius 3 is 2.72 bits per heavy atom. The van der Waals surface area contributed by atoms with Crippen molar-refractivity contribution in [2.75, 3.05) is 12.4 Å². The lowest BCUT2D eigenvalue weighted by molar-refractivity contribution is 0.0783. The molecule has 7 heteroatoms. The van der Waals surface area contributed by atoms with Gasteiger partial charge in [-0.05, 0) is 24.3 Å². The number of hydrogen-bond donors (Lipinski definition) is 1. The van der Waals surface area contributed by atoms with Crippen LogP contribution in [0.4, 0.5) is 5.82 Å². The zero-order valence-electron chi connectivity index (χ0n) is 16.4. The molecular weight excluding hydrogens is 364 g/mol. The van der Waals surface area contributed by atoms with Crippen LogP contribution in [0.1, 0.15) is 21.6 Å². The van der Waals surface area contributed by atoms with Crippen LogP contribution >= 0.6 is 0 Å². The number of nitrogens with one attached hydrogen (secondary N) is 1. The fraction of sp³-hybridized carbons (Fsp3) is 0.182. The minimum absolute atomic E-state index is 0.0914. The number of fused-ring (bicyclic) bond motifs is 1. The van der Waals surface area contributed by atoms with Gasteiger partial charge in [-0.2, -0.15) is 5.10 Å². The normalized spacial score (nSPS) is 10.8. The molecule has 0 aliphatic heterocycles. The number of carbonyl (C=O) groups excluding carboxylic acids is 1. The molecule has 7 nitrogen and oxygen atoms in total. The molecule has 0 saturated carbocycles. The number of rotatable bonds is 6. The molecule has 0 aliphatic carbocycles. The second kappa shape index (κ2) is 8.10. The van der Waals surface area contributed by atoms with Gasteiger partial charge in [0.1, 0.15) is 5.82 Å². The minimum Gasteiger partial charge on any atom is -0.366 e. The third kappa shape index (κ3) is 4.40. The van der Waals surface area contributed by atoms with E-state index in [-0.39, 0.29) is 5.91 Å². The van der Waals surface area contributed by atoms with Crippen LogP contribution in [0.3, 0.4) is 0 Å². The number of benzene rings is 1. The van der Waals surface area contributed by atoms with Gasteiger partial charge in [0.25, 0.3) is 5.91 Å². The fourth-order valence-electron chi connectivity index (χ4n) is 3.11. The van der Waals surface area contributed by atoms with Gasteiger partial charge in [-0.25, -0.2) is 4.98 Å². The van der Waals surface area contributed by atoms with Crippen molar-refractivity contribution < 1.29 is 4.79 Å². The molecule has 0 bridgehead atoms. The van der Waals surface area contributed by atoms with Crippen molar-refractivity contribution in [1.29, 1.82) is 0 Å². The highest BCUT2D eigenvalue weighted by Gasteiger charge is 2.13. The number of para-hydroxylation sites is 1. The molecule has 0 fully saturated rings. The molecule has 0 aliphatic rings. The molecule has 3 aromatic heterocycles. The van der Waals surface area contributed by atoms with E-state index in [0.29, 0.717) is 24.5 Å². The second-order valence-electron chi connectivity index (χ2n) is 6.96. The van der Waals surface area contributed by atoms with Gasteiger partial charge in [0.2, 0.25) is 0 Å². The summed E-state index contributed by atoms with van der Waals surface area (Å²) in [4.78, 5) is 23.4. The molecule has 0 unspecified atom stereocenters. The molecule has 4 rings (SSSR count). The first-order valence-corrected chi connectivity index (χ1v) is 9.36. The van der Waals surface area contributed by atoms with Crippen molar-refractivity contribution >= 4 is 22.6 Å². The largest absolute Gasteiger partial charge is 0.366 e. The Bertz CT molecular complexity index is 1140. The molecule has 1 N–H and O–H groups in total. The summed E-state index contributed by atoms with van der Waals surface area (Å²) in [6.45, 7) is 1.06. The Morgan fingerprint density at radius 1 is 1.10 bits per heavy atom. The third-order valence-electron chi connectivity index (χ3n) is 4.64. The number of anilines is 1. The predicted molar refractivity (Wildman–Crippen MR) is 112 cm³/mol. The quantitative estimate of drug-likeness (QED) is 0.551. The van der Waals surface area contributed by atoms with E-state index in [2.05, 4.69) is 20.4 Å². The van der Waals surface area contributed by atoms with Gasteiger partial charge in [-0.15, -0.1) is 0 Å². The fourth-order valence-corrected chi connectivity index (χ4v) is 3.11. The third-order valence-corrected chi connectivity index (χ3v) is 4.64. The van der Waals surface area contributed by atoms with Crippen molar-refractivity contribution in [3.8, 4) is 0 Å². The Kier molecular flexibility index (Phi) is 5.20. The van der Waals surface area contributed by atoms with Crippen molar-refractivity contribution in [2.45, 2.75) is 13.1 Å². The van der Waals surface area contributed by atoms with Gasteiger partial charge in [0.05, 0.1) is 29.5 Å². The zero-order chi connectivity index (χ0) is 20.2. The summed E-state index contributed by atoms with van der Waals surface area (Å²) in [5.41, 5.74) is 3.39. The van der Waals surface area contributed by atoms with Crippen LogP contribution in [0.5, 0.6) is 0 Å². The molecule has 0 spiro atoms. The highest BCUT2D eigenvalue weighted by atomic mass is 16.2. The smallest absolute Gasteiger partial charge is 0.255 e. The standard InChI is InChI=1S/C22H22N6O/c1-27(15-19-9-7-17-5-3-4-6-20(17)26-19)22(29)18-8-10-21(24-13-18)23-11-16-12-25-28(2)14-16/h3-10,12-14H,11,15H2,1-2H3,(H,23,24). The van der Waals surface area contributed by atoms with Gasteiger partial charge in [0, 0.05) is 44.0 Å². The van der Waals surface area contributed by atoms with Gasteiger partial charge >= 0.3 is 0 Å². The van der Waals surface area contributed by atoms with Crippen molar-refractivity contribution in [2.24, 2.45) is 7.05 Å². The average molecular weight is 386 g/mol. The van der Waals surface area contributed by atoms with Crippen molar-refractivity contribution in [3.05, 3.63) is 83.9 Å². The summed E-state index contributed by atoms with van der Waals surface area (Å²) in [5.74, 6) is 0.621. The van der Waals surface area contributed by atoms with Gasteiger partial charge in [-0.1, -0.05) is 24.3 Å². The lowest BCUT2D eigenvalue weighted by Gasteiger charge is -2.17. The first-order valence-electron chi connectivity index (χ1n) is 9.36. The SMILES string of the molecule is CN(Cc1ccc2ccccc2n1)C(=O)c1ccc(NCc2cnn(C)c2)nc1. The summed E-state index contributed by atoms with van der Waals surface area (Å²) in [5, 5.41) is 8.45. The van der Waals surface area contributed by atoms with Crippen LogP contribution in [0, 0.1) is 0 Å². The summed E-state index contributed by atoms with van der Waals surface area (Å²) >= 11 is 0. The number of aromatic nitrogens is 4. The van der Waals surface area contributed by atoms with E-state index < -0.39 is 0 Å². The zero-order valence-corrected chi connectivity index (χ0v) is 16.4. The Hall–Kier alpha value is -3.74. The predicted octanol–water partition coefficient (Wildman–Crippen LogP) is 3.25. The summed E-state index contributed by atoms with van der Waals surface area (Å²) < 4.78 is 1.76. The van der Waals surface area contributed by atoms with Crippen LogP contribution in [-0.4, -0.2) is 37.6 Å². The summed E-state index contributed by atoms with van der Waals surface area (Å²) in [7, 11) is 3.65. The molecule has 4 aromatic rings. The Labute approximate surface area is 169 Å². The van der Waals surface area contributed by atoms with Crippen LogP contribution in [0.15, 0.2) is 67.1 Å². The first-order chi connectivity index (χ1) is 14.1. The van der Waals surface area contributed by atoms with E-state index in [0.717, 1.165) is 22.2 Å². The van der Waals surface area contributed by atoms with Crippen molar-refractivity contribution in [3.63, 3.8) is 0 Å². The van der Waals surface area contributed by atoms with Crippen LogP contribution < -0.4 is 5.32 Å². The molecule has 3 heterocycles. The number of amides is 1. The molecule has 0 atom stereocenters. The molecule has 1 amide bonds. The number of nitrogens with zero attached hydrogens (tertiary/aromatic N) is 5. The maximum absolute atomic E-state index is 12.7. The van der Waals surface area contributed by atoms with E-state index in [1.165, 1.54) is 0 Å². The molecular formula is C22H22N6O. The Morgan fingerprint density at radius 2 is 1.97 bits per heavy atom. The number of aryl methyl sites for hydroxylation is 1. The van der Waals surface area contributed by atoms with Gasteiger partial charge < -0.3 is 10.2 Å². The van der Waals surface area contributed by atoms with Crippen LogP contribution in [0.2, 0.25) is 0 Å². The number of pyridine rings is 2. The average Bonchev–Trinajstić information content (AvgIpc) is 3.17. The van der Waals surface area contributed by atoms with Gasteiger partial charge in [0.15, 0.2) is 0 Å². The maximum Gasteiger partial charge on any atom is 0.255 e. The molecule has 0 radical (unpaired) electrons. The number of hydrogen-bond acceptors (Lipinski definition) is 5. The summed E-state index contributed by atoms with van der Waals surface area (Å²) in [6.07, 6.45) is 5.35. The Balaban J connectivity index is 1.38. The lowest BCUT2D eigenvalue weighted by atomic mass is 10.2. The topological polar surface area (TPSA) is 75.9 Å². The number of carbonyl (C=O) groups is 1. The first kappa shape index (κ1) is 18.6. The van der Waals surface area contributed by atoms with E-state index in [9.17, 15) is 4.79 Å². The molecule has 0 saturated heterocycles. The maximum atomic E-state index is 12.7. The van der Waals surface area contributed by atoms with E-state index in [1.807, 2.05) is 55.7 Å². The van der Waals surface area contributed by atoms with E-state index >= 15 is 0 Å². The molecule has 1 aromatic carbocycles. The van der Waals surface area contributed by atoms with Crippen LogP contribution in [0.25, 0.3) is 10.9 Å². The highest BCUT2D eigenvalue weighted by Crippen LogP contribution is 2.14. The van der Waals surface area contributed by atoms with Crippen LogP contribution in [-0.2, 0) is 20.1 Å². The second-order valence-corrected chi connectivity index (χ2v) is 6.96. The molecule has 29 heavy (non-hydrogen) atoms. The lowest BCUT2D eigenvalue weighted by Crippen LogP contribution is -2.26. The monoisotopic (exact) mass is 386 g/mol.